The van der Waals surface area contributed by atoms with Gasteiger partial charge in [-0.25, -0.2) is 13.1 Å². The Morgan fingerprint density at radius 3 is 2.68 bits per heavy atom. The average molecular weight is 327 g/mol. The molecule has 1 aliphatic rings. The van der Waals surface area contributed by atoms with Crippen LogP contribution in [0.4, 0.5) is 0 Å². The summed E-state index contributed by atoms with van der Waals surface area (Å²) in [4.78, 5) is 12.1. The number of rotatable bonds is 7. The van der Waals surface area contributed by atoms with Gasteiger partial charge in [-0.1, -0.05) is 0 Å². The second-order valence-corrected chi connectivity index (χ2v) is 7.05. The van der Waals surface area contributed by atoms with E-state index in [2.05, 4.69) is 10.0 Å². The standard InChI is InChI=1S/C14H21N3O4S/c1-9(8-15)16-14(18)10-3-6-12(21-2)13(7-10)22(19,20)17-11-4-5-11/h3,6-7,9,11,17H,4-5,8,15H2,1-2H3,(H,16,18)/t9-/m0/s1. The Kier molecular flexibility index (Phi) is 5.05. The summed E-state index contributed by atoms with van der Waals surface area (Å²) in [6.45, 7) is 2.07. The van der Waals surface area contributed by atoms with E-state index in [9.17, 15) is 13.2 Å². The molecule has 1 fully saturated rings. The van der Waals surface area contributed by atoms with E-state index in [4.69, 9.17) is 10.5 Å². The van der Waals surface area contributed by atoms with Crippen molar-refractivity contribution in [3.63, 3.8) is 0 Å². The molecule has 1 atom stereocenters. The van der Waals surface area contributed by atoms with Crippen LogP contribution in [0.3, 0.4) is 0 Å². The Bertz CT molecular complexity index is 656. The number of amides is 1. The lowest BCUT2D eigenvalue weighted by Gasteiger charge is -2.14. The van der Waals surface area contributed by atoms with E-state index in [1.807, 2.05) is 0 Å². The highest BCUT2D eigenvalue weighted by Gasteiger charge is 2.30. The van der Waals surface area contributed by atoms with Crippen LogP contribution in [-0.2, 0) is 10.0 Å². The van der Waals surface area contributed by atoms with Gasteiger partial charge in [-0.05, 0) is 38.0 Å². The molecule has 8 heteroatoms. The van der Waals surface area contributed by atoms with Crippen molar-refractivity contribution in [2.75, 3.05) is 13.7 Å². The van der Waals surface area contributed by atoms with Gasteiger partial charge < -0.3 is 15.8 Å². The molecule has 122 valence electrons. The van der Waals surface area contributed by atoms with Crippen molar-refractivity contribution < 1.29 is 17.9 Å². The SMILES string of the molecule is COc1ccc(C(=O)N[C@@H](C)CN)cc1S(=O)(=O)NC1CC1. The van der Waals surface area contributed by atoms with Gasteiger partial charge in [-0.3, -0.25) is 4.79 Å². The summed E-state index contributed by atoms with van der Waals surface area (Å²) < 4.78 is 32.4. The van der Waals surface area contributed by atoms with Crippen LogP contribution in [0.2, 0.25) is 0 Å². The number of hydrogen-bond acceptors (Lipinski definition) is 5. The minimum atomic E-state index is -3.71. The molecule has 1 amide bonds. The van der Waals surface area contributed by atoms with Crippen LogP contribution in [0.15, 0.2) is 23.1 Å². The van der Waals surface area contributed by atoms with E-state index in [-0.39, 0.29) is 34.2 Å². The second-order valence-electron chi connectivity index (χ2n) is 5.37. The van der Waals surface area contributed by atoms with Gasteiger partial charge in [0, 0.05) is 24.2 Å². The number of methoxy groups -OCH3 is 1. The number of hydrogen-bond donors (Lipinski definition) is 3. The van der Waals surface area contributed by atoms with E-state index >= 15 is 0 Å². The monoisotopic (exact) mass is 327 g/mol. The Morgan fingerprint density at radius 2 is 2.14 bits per heavy atom. The predicted molar refractivity (Wildman–Crippen MR) is 82.3 cm³/mol. The fourth-order valence-corrected chi connectivity index (χ4v) is 3.38. The molecule has 0 bridgehead atoms. The fourth-order valence-electron chi connectivity index (χ4n) is 1.88. The average Bonchev–Trinajstić information content (AvgIpc) is 3.29. The smallest absolute Gasteiger partial charge is 0.251 e. The molecule has 0 spiro atoms. The van der Waals surface area contributed by atoms with Gasteiger partial charge in [0.15, 0.2) is 0 Å². The number of carbonyl (C=O) groups is 1. The van der Waals surface area contributed by atoms with E-state index in [1.54, 1.807) is 6.92 Å². The van der Waals surface area contributed by atoms with E-state index in [1.165, 1.54) is 25.3 Å². The molecule has 0 unspecified atom stereocenters. The van der Waals surface area contributed by atoms with E-state index in [0.29, 0.717) is 6.54 Å². The normalized spacial score (nSPS) is 16.1. The molecule has 0 aromatic heterocycles. The maximum atomic E-state index is 12.4. The number of nitrogens with one attached hydrogen (secondary N) is 2. The first-order valence-electron chi connectivity index (χ1n) is 7.08. The number of benzene rings is 1. The molecule has 2 rings (SSSR count). The summed E-state index contributed by atoms with van der Waals surface area (Å²) in [5, 5.41) is 2.70. The number of carbonyl (C=O) groups excluding carboxylic acids is 1. The summed E-state index contributed by atoms with van der Waals surface area (Å²) >= 11 is 0. The molecule has 22 heavy (non-hydrogen) atoms. The predicted octanol–water partition coefficient (Wildman–Crippen LogP) is 0.213. The third-order valence-electron chi connectivity index (χ3n) is 3.35. The quantitative estimate of drug-likeness (QED) is 0.663. The van der Waals surface area contributed by atoms with Crippen LogP contribution in [0.1, 0.15) is 30.1 Å². The van der Waals surface area contributed by atoms with Gasteiger partial charge >= 0.3 is 0 Å². The Hall–Kier alpha value is -1.64. The molecule has 4 N–H and O–H groups in total. The number of nitrogens with two attached hydrogens (primary N) is 1. The minimum Gasteiger partial charge on any atom is -0.495 e. The van der Waals surface area contributed by atoms with Crippen molar-refractivity contribution in [2.45, 2.75) is 36.7 Å². The molecule has 7 nitrogen and oxygen atoms in total. The van der Waals surface area contributed by atoms with Crippen molar-refractivity contribution in [2.24, 2.45) is 5.73 Å². The van der Waals surface area contributed by atoms with Crippen molar-refractivity contribution in [1.82, 2.24) is 10.0 Å². The maximum absolute atomic E-state index is 12.4. The third kappa shape index (κ3) is 3.96. The molecule has 1 saturated carbocycles. The number of ether oxygens (including phenoxy) is 1. The zero-order chi connectivity index (χ0) is 16.3. The largest absolute Gasteiger partial charge is 0.495 e. The van der Waals surface area contributed by atoms with Crippen LogP contribution in [-0.4, -0.2) is 40.1 Å². The Balaban J connectivity index is 2.31. The summed E-state index contributed by atoms with van der Waals surface area (Å²) in [6, 6.07) is 4.10. The Morgan fingerprint density at radius 1 is 1.45 bits per heavy atom. The molecular formula is C14H21N3O4S. The van der Waals surface area contributed by atoms with Gasteiger partial charge in [0.25, 0.3) is 5.91 Å². The second kappa shape index (κ2) is 6.64. The van der Waals surface area contributed by atoms with Gasteiger partial charge in [-0.15, -0.1) is 0 Å². The van der Waals surface area contributed by atoms with E-state index in [0.717, 1.165) is 12.8 Å². The minimum absolute atomic E-state index is 0.0237. The van der Waals surface area contributed by atoms with E-state index < -0.39 is 10.0 Å². The zero-order valence-electron chi connectivity index (χ0n) is 12.6. The lowest BCUT2D eigenvalue weighted by Crippen LogP contribution is -2.37. The first kappa shape index (κ1) is 16.7. The highest BCUT2D eigenvalue weighted by atomic mass is 32.2. The van der Waals surface area contributed by atoms with Gasteiger partial charge in [0.1, 0.15) is 10.6 Å². The van der Waals surface area contributed by atoms with Gasteiger partial charge in [0.2, 0.25) is 10.0 Å². The topological polar surface area (TPSA) is 111 Å². The third-order valence-corrected chi connectivity index (χ3v) is 4.89. The van der Waals surface area contributed by atoms with Gasteiger partial charge in [-0.2, -0.15) is 0 Å². The van der Waals surface area contributed by atoms with Crippen molar-refractivity contribution in [3.8, 4) is 5.75 Å². The van der Waals surface area contributed by atoms with Crippen LogP contribution in [0, 0.1) is 0 Å². The van der Waals surface area contributed by atoms with Crippen molar-refractivity contribution in [1.29, 1.82) is 0 Å². The molecular weight excluding hydrogens is 306 g/mol. The van der Waals surface area contributed by atoms with Crippen LogP contribution in [0.25, 0.3) is 0 Å². The summed E-state index contributed by atoms with van der Waals surface area (Å²) in [6.07, 6.45) is 1.66. The molecule has 0 saturated heterocycles. The number of sulfonamides is 1. The summed E-state index contributed by atoms with van der Waals surface area (Å²) in [5.41, 5.74) is 5.71. The van der Waals surface area contributed by atoms with Gasteiger partial charge in [0.05, 0.1) is 7.11 Å². The molecule has 0 radical (unpaired) electrons. The highest BCUT2D eigenvalue weighted by Crippen LogP contribution is 2.28. The molecule has 1 aliphatic carbocycles. The summed E-state index contributed by atoms with van der Waals surface area (Å²) in [5.74, 6) is -0.167. The molecule has 0 heterocycles. The van der Waals surface area contributed by atoms with Crippen LogP contribution in [0.5, 0.6) is 5.75 Å². The first-order chi connectivity index (χ1) is 10.4. The molecule has 0 aliphatic heterocycles. The zero-order valence-corrected chi connectivity index (χ0v) is 13.4. The highest BCUT2D eigenvalue weighted by molar-refractivity contribution is 7.89. The van der Waals surface area contributed by atoms with Crippen molar-refractivity contribution >= 4 is 15.9 Å². The summed E-state index contributed by atoms with van der Waals surface area (Å²) in [7, 11) is -2.32. The van der Waals surface area contributed by atoms with Crippen LogP contribution >= 0.6 is 0 Å². The fraction of sp³-hybridized carbons (Fsp3) is 0.500. The lowest BCUT2D eigenvalue weighted by atomic mass is 10.2. The Labute approximate surface area is 130 Å². The first-order valence-corrected chi connectivity index (χ1v) is 8.57. The maximum Gasteiger partial charge on any atom is 0.251 e. The van der Waals surface area contributed by atoms with Crippen molar-refractivity contribution in [3.05, 3.63) is 23.8 Å². The molecule has 1 aromatic rings. The lowest BCUT2D eigenvalue weighted by molar-refractivity contribution is 0.0941. The molecule has 1 aromatic carbocycles. The van der Waals surface area contributed by atoms with Crippen LogP contribution < -0.4 is 20.5 Å².